The third-order valence-corrected chi connectivity index (χ3v) is 3.54. The quantitative estimate of drug-likeness (QED) is 0.852. The molecule has 2 amide bonds. The standard InChI is InChI=1S/C15H16N2O3S/c1-10-13(7-8-20-10)15(19)17-16-14(18)12-5-3-11(4-6-12)9-21-2/h3-8H,9H2,1-2H3,(H,16,18)(H,17,19). The molecule has 6 heteroatoms. The Morgan fingerprint density at radius 2 is 1.76 bits per heavy atom. The Bertz CT molecular complexity index is 635. The summed E-state index contributed by atoms with van der Waals surface area (Å²) in [6.07, 6.45) is 3.45. The lowest BCUT2D eigenvalue weighted by atomic mass is 10.1. The fourth-order valence-electron chi connectivity index (χ4n) is 1.79. The molecule has 0 aliphatic rings. The summed E-state index contributed by atoms with van der Waals surface area (Å²) in [6, 6.07) is 8.81. The highest BCUT2D eigenvalue weighted by atomic mass is 32.2. The van der Waals surface area contributed by atoms with Crippen LogP contribution in [-0.2, 0) is 5.75 Å². The molecule has 0 saturated heterocycles. The van der Waals surface area contributed by atoms with E-state index in [9.17, 15) is 9.59 Å². The molecule has 2 rings (SSSR count). The van der Waals surface area contributed by atoms with Gasteiger partial charge in [0.15, 0.2) is 0 Å². The zero-order valence-corrected chi connectivity index (χ0v) is 12.6. The number of carbonyl (C=O) groups is 2. The molecule has 0 spiro atoms. The van der Waals surface area contributed by atoms with Gasteiger partial charge in [-0.15, -0.1) is 0 Å². The van der Waals surface area contributed by atoms with Crippen molar-refractivity contribution in [2.75, 3.05) is 6.26 Å². The lowest BCUT2D eigenvalue weighted by Gasteiger charge is -2.07. The van der Waals surface area contributed by atoms with Gasteiger partial charge in [0.1, 0.15) is 5.76 Å². The first-order valence-corrected chi connectivity index (χ1v) is 7.74. The maximum atomic E-state index is 11.9. The van der Waals surface area contributed by atoms with Crippen LogP contribution in [0.2, 0.25) is 0 Å². The van der Waals surface area contributed by atoms with Gasteiger partial charge in [0.05, 0.1) is 11.8 Å². The van der Waals surface area contributed by atoms with Gasteiger partial charge in [-0.25, -0.2) is 0 Å². The van der Waals surface area contributed by atoms with Gasteiger partial charge in [-0.1, -0.05) is 12.1 Å². The second-order valence-electron chi connectivity index (χ2n) is 4.43. The van der Waals surface area contributed by atoms with E-state index in [1.54, 1.807) is 36.9 Å². The molecule has 2 aromatic rings. The Hall–Kier alpha value is -2.21. The maximum Gasteiger partial charge on any atom is 0.273 e. The number of aryl methyl sites for hydroxylation is 1. The van der Waals surface area contributed by atoms with Crippen LogP contribution in [0.15, 0.2) is 41.0 Å². The van der Waals surface area contributed by atoms with E-state index in [0.717, 1.165) is 11.3 Å². The summed E-state index contributed by atoms with van der Waals surface area (Å²) in [5, 5.41) is 0. The van der Waals surface area contributed by atoms with E-state index in [-0.39, 0.29) is 5.91 Å². The summed E-state index contributed by atoms with van der Waals surface area (Å²) in [5.74, 6) is 0.634. The van der Waals surface area contributed by atoms with Crippen LogP contribution in [0.1, 0.15) is 32.0 Å². The molecule has 0 atom stereocenters. The van der Waals surface area contributed by atoms with Crippen LogP contribution in [0, 0.1) is 6.92 Å². The number of hydrogen-bond acceptors (Lipinski definition) is 4. The molecule has 0 saturated carbocycles. The minimum absolute atomic E-state index is 0.361. The van der Waals surface area contributed by atoms with Gasteiger partial charge in [0, 0.05) is 11.3 Å². The molecule has 2 N–H and O–H groups in total. The Kier molecular flexibility index (Phi) is 5.05. The first kappa shape index (κ1) is 15.2. The van der Waals surface area contributed by atoms with Crippen LogP contribution >= 0.6 is 11.8 Å². The summed E-state index contributed by atoms with van der Waals surface area (Å²) >= 11 is 1.72. The minimum atomic E-state index is -0.409. The first-order valence-electron chi connectivity index (χ1n) is 6.34. The molecule has 0 unspecified atom stereocenters. The van der Waals surface area contributed by atoms with Crippen molar-refractivity contribution < 1.29 is 14.0 Å². The Labute approximate surface area is 127 Å². The molecule has 1 aromatic heterocycles. The summed E-state index contributed by atoms with van der Waals surface area (Å²) < 4.78 is 5.04. The molecule has 1 heterocycles. The summed E-state index contributed by atoms with van der Waals surface area (Å²) in [7, 11) is 0. The van der Waals surface area contributed by atoms with Crippen LogP contribution < -0.4 is 10.9 Å². The monoisotopic (exact) mass is 304 g/mol. The van der Waals surface area contributed by atoms with Crippen molar-refractivity contribution in [1.29, 1.82) is 0 Å². The van der Waals surface area contributed by atoms with Gasteiger partial charge >= 0.3 is 0 Å². The molecule has 0 radical (unpaired) electrons. The molecule has 5 nitrogen and oxygen atoms in total. The highest BCUT2D eigenvalue weighted by Crippen LogP contribution is 2.10. The number of amides is 2. The number of hydrogen-bond donors (Lipinski definition) is 2. The van der Waals surface area contributed by atoms with Crippen molar-refractivity contribution in [3.8, 4) is 0 Å². The van der Waals surface area contributed by atoms with E-state index in [1.165, 1.54) is 6.26 Å². The topological polar surface area (TPSA) is 71.3 Å². The summed E-state index contributed by atoms with van der Waals surface area (Å²) in [6.45, 7) is 1.68. The maximum absolute atomic E-state index is 11.9. The van der Waals surface area contributed by atoms with E-state index in [4.69, 9.17) is 4.42 Å². The highest BCUT2D eigenvalue weighted by molar-refractivity contribution is 7.97. The van der Waals surface area contributed by atoms with Crippen molar-refractivity contribution >= 4 is 23.6 Å². The predicted octanol–water partition coefficient (Wildman–Crippen LogP) is 2.53. The molecule has 110 valence electrons. The smallest absolute Gasteiger partial charge is 0.273 e. The third-order valence-electron chi connectivity index (χ3n) is 2.92. The average molecular weight is 304 g/mol. The Balaban J connectivity index is 1.92. The summed E-state index contributed by atoms with van der Waals surface area (Å²) in [5.41, 5.74) is 6.78. The van der Waals surface area contributed by atoms with E-state index < -0.39 is 5.91 Å². The van der Waals surface area contributed by atoms with Crippen LogP contribution in [-0.4, -0.2) is 18.1 Å². The lowest BCUT2D eigenvalue weighted by Crippen LogP contribution is -2.41. The van der Waals surface area contributed by atoms with E-state index in [2.05, 4.69) is 10.9 Å². The zero-order valence-electron chi connectivity index (χ0n) is 11.8. The first-order chi connectivity index (χ1) is 10.1. The average Bonchev–Trinajstić information content (AvgIpc) is 2.92. The van der Waals surface area contributed by atoms with E-state index in [0.29, 0.717) is 16.9 Å². The largest absolute Gasteiger partial charge is 0.469 e. The SMILES string of the molecule is CSCc1ccc(C(=O)NNC(=O)c2ccoc2C)cc1. The zero-order chi connectivity index (χ0) is 15.2. The second-order valence-corrected chi connectivity index (χ2v) is 5.29. The molecule has 1 aromatic carbocycles. The molecule has 0 aliphatic carbocycles. The van der Waals surface area contributed by atoms with E-state index in [1.807, 2.05) is 18.4 Å². The predicted molar refractivity (Wildman–Crippen MR) is 82.0 cm³/mol. The van der Waals surface area contributed by atoms with Gasteiger partial charge in [-0.3, -0.25) is 20.4 Å². The van der Waals surface area contributed by atoms with Gasteiger partial charge in [-0.2, -0.15) is 11.8 Å². The molecular weight excluding hydrogens is 288 g/mol. The van der Waals surface area contributed by atoms with Crippen LogP contribution in [0.3, 0.4) is 0 Å². The van der Waals surface area contributed by atoms with Gasteiger partial charge in [0.25, 0.3) is 11.8 Å². The molecular formula is C15H16N2O3S. The molecule has 0 bridgehead atoms. The summed E-state index contributed by atoms with van der Waals surface area (Å²) in [4.78, 5) is 23.7. The molecule has 21 heavy (non-hydrogen) atoms. The van der Waals surface area contributed by atoms with Crippen molar-refractivity contribution in [2.45, 2.75) is 12.7 Å². The normalized spacial score (nSPS) is 10.2. The van der Waals surface area contributed by atoms with Crippen LogP contribution in [0.5, 0.6) is 0 Å². The Morgan fingerprint density at radius 3 is 2.33 bits per heavy atom. The van der Waals surface area contributed by atoms with Gasteiger partial charge in [-0.05, 0) is 36.9 Å². The lowest BCUT2D eigenvalue weighted by molar-refractivity contribution is 0.0845. The fourth-order valence-corrected chi connectivity index (χ4v) is 2.32. The van der Waals surface area contributed by atoms with Crippen molar-refractivity contribution in [1.82, 2.24) is 10.9 Å². The van der Waals surface area contributed by atoms with Crippen LogP contribution in [0.25, 0.3) is 0 Å². The van der Waals surface area contributed by atoms with E-state index >= 15 is 0 Å². The number of furan rings is 1. The number of rotatable bonds is 4. The number of benzene rings is 1. The fraction of sp³-hybridized carbons (Fsp3) is 0.200. The second kappa shape index (κ2) is 6.99. The number of carbonyl (C=O) groups excluding carboxylic acids is 2. The van der Waals surface area contributed by atoms with Gasteiger partial charge < -0.3 is 4.42 Å². The van der Waals surface area contributed by atoms with Gasteiger partial charge in [0.2, 0.25) is 0 Å². The Morgan fingerprint density at radius 1 is 1.10 bits per heavy atom. The molecule has 0 aliphatic heterocycles. The van der Waals surface area contributed by atoms with Crippen molar-refractivity contribution in [3.63, 3.8) is 0 Å². The van der Waals surface area contributed by atoms with Crippen LogP contribution in [0.4, 0.5) is 0 Å². The van der Waals surface area contributed by atoms with Crippen molar-refractivity contribution in [3.05, 3.63) is 59.0 Å². The minimum Gasteiger partial charge on any atom is -0.469 e. The number of hydrazine groups is 1. The third kappa shape index (κ3) is 3.88. The van der Waals surface area contributed by atoms with Crippen molar-refractivity contribution in [2.24, 2.45) is 0 Å². The number of nitrogens with one attached hydrogen (secondary N) is 2. The molecule has 0 fully saturated rings. The number of thioether (sulfide) groups is 1. The highest BCUT2D eigenvalue weighted by Gasteiger charge is 2.12.